The highest BCUT2D eigenvalue weighted by molar-refractivity contribution is 6.37. The van der Waals surface area contributed by atoms with Gasteiger partial charge >= 0.3 is 0 Å². The number of nitrogens with zero attached hydrogens (tertiary/aromatic N) is 2. The number of ether oxygens (including phenoxy) is 1. The number of hydrazone groups is 1. The molecule has 1 N–H and O–H groups in total. The number of carbonyl (C=O) groups excluding carboxylic acids is 1. The van der Waals surface area contributed by atoms with Crippen molar-refractivity contribution in [3.8, 4) is 11.8 Å². The first kappa shape index (κ1) is 17.7. The molecule has 0 aromatic heterocycles. The van der Waals surface area contributed by atoms with Gasteiger partial charge in [0.1, 0.15) is 5.82 Å². The molecule has 0 unspecified atom stereocenters. The number of nitrogens with one attached hydrogen (secondary N) is 1. The van der Waals surface area contributed by atoms with E-state index in [-0.39, 0.29) is 21.2 Å². The lowest BCUT2D eigenvalue weighted by atomic mass is 10.1. The lowest BCUT2D eigenvalue weighted by molar-refractivity contribution is 0.0951. The normalized spacial score (nSPS) is 10.5. The minimum atomic E-state index is -0.808. The van der Waals surface area contributed by atoms with Gasteiger partial charge in [-0.05, 0) is 35.9 Å². The second-order valence-electron chi connectivity index (χ2n) is 4.52. The molecule has 0 radical (unpaired) electrons. The Balaban J connectivity index is 2.12. The number of rotatable bonds is 4. The summed E-state index contributed by atoms with van der Waals surface area (Å²) in [5, 5.41) is 13.0. The quantitative estimate of drug-likeness (QED) is 0.661. The van der Waals surface area contributed by atoms with Crippen LogP contribution in [0, 0.1) is 17.1 Å². The van der Waals surface area contributed by atoms with Crippen LogP contribution in [-0.4, -0.2) is 19.2 Å². The van der Waals surface area contributed by atoms with E-state index in [1.807, 2.05) is 0 Å². The first-order valence-corrected chi connectivity index (χ1v) is 7.28. The van der Waals surface area contributed by atoms with Crippen LogP contribution >= 0.6 is 23.2 Å². The molecule has 0 atom stereocenters. The SMILES string of the molecule is COc1c(Cl)cc(/C=N\NC(=O)c2ccc(C#N)cc2F)cc1Cl. The standard InChI is InChI=1S/C16H10Cl2FN3O2/c1-24-15-12(17)4-10(5-13(15)18)8-21-22-16(23)11-3-2-9(7-20)6-14(11)19/h2-6,8H,1H3,(H,22,23)/b21-8-. The Morgan fingerprint density at radius 2 is 2.00 bits per heavy atom. The molecule has 5 nitrogen and oxygen atoms in total. The molecular formula is C16H10Cl2FN3O2. The molecule has 0 bridgehead atoms. The average molecular weight is 366 g/mol. The zero-order valence-corrected chi connectivity index (χ0v) is 13.8. The van der Waals surface area contributed by atoms with Crippen molar-refractivity contribution < 1.29 is 13.9 Å². The molecule has 24 heavy (non-hydrogen) atoms. The summed E-state index contributed by atoms with van der Waals surface area (Å²) in [7, 11) is 1.44. The van der Waals surface area contributed by atoms with Crippen molar-refractivity contribution in [3.63, 3.8) is 0 Å². The van der Waals surface area contributed by atoms with Crippen molar-refractivity contribution >= 4 is 35.3 Å². The van der Waals surface area contributed by atoms with Gasteiger partial charge in [-0.1, -0.05) is 23.2 Å². The molecular weight excluding hydrogens is 356 g/mol. The third-order valence-corrected chi connectivity index (χ3v) is 3.51. The van der Waals surface area contributed by atoms with Gasteiger partial charge in [-0.2, -0.15) is 10.4 Å². The van der Waals surface area contributed by atoms with Crippen LogP contribution < -0.4 is 10.2 Å². The number of hydrogen-bond acceptors (Lipinski definition) is 4. The van der Waals surface area contributed by atoms with Crippen molar-refractivity contribution in [3.05, 3.63) is 62.9 Å². The summed E-state index contributed by atoms with van der Waals surface area (Å²) in [4.78, 5) is 11.9. The van der Waals surface area contributed by atoms with Gasteiger partial charge in [0.2, 0.25) is 0 Å². The molecule has 0 saturated heterocycles. The van der Waals surface area contributed by atoms with E-state index >= 15 is 0 Å². The zero-order chi connectivity index (χ0) is 17.7. The van der Waals surface area contributed by atoms with Gasteiger partial charge in [0, 0.05) is 0 Å². The van der Waals surface area contributed by atoms with Crippen LogP contribution in [0.4, 0.5) is 4.39 Å². The fourth-order valence-corrected chi connectivity index (χ4v) is 2.50. The first-order chi connectivity index (χ1) is 11.5. The lowest BCUT2D eigenvalue weighted by Crippen LogP contribution is -2.19. The van der Waals surface area contributed by atoms with E-state index in [9.17, 15) is 9.18 Å². The molecule has 8 heteroatoms. The molecule has 0 aliphatic carbocycles. The molecule has 0 saturated carbocycles. The fourth-order valence-electron chi connectivity index (χ4n) is 1.84. The van der Waals surface area contributed by atoms with Gasteiger partial charge in [0.25, 0.3) is 5.91 Å². The van der Waals surface area contributed by atoms with Crippen LogP contribution in [0.2, 0.25) is 10.0 Å². The van der Waals surface area contributed by atoms with Crippen molar-refractivity contribution in [2.45, 2.75) is 0 Å². The summed E-state index contributed by atoms with van der Waals surface area (Å²) in [6, 6.07) is 8.39. The highest BCUT2D eigenvalue weighted by atomic mass is 35.5. The largest absolute Gasteiger partial charge is 0.494 e. The van der Waals surface area contributed by atoms with Gasteiger partial charge in [-0.3, -0.25) is 4.79 Å². The molecule has 2 aromatic carbocycles. The van der Waals surface area contributed by atoms with Crippen LogP contribution in [0.25, 0.3) is 0 Å². The predicted molar refractivity (Wildman–Crippen MR) is 89.2 cm³/mol. The maximum Gasteiger partial charge on any atom is 0.274 e. The lowest BCUT2D eigenvalue weighted by Gasteiger charge is -2.06. The predicted octanol–water partition coefficient (Wildman–Crippen LogP) is 3.78. The van der Waals surface area contributed by atoms with Gasteiger partial charge < -0.3 is 4.74 Å². The average Bonchev–Trinajstić information content (AvgIpc) is 2.54. The van der Waals surface area contributed by atoms with Crippen LogP contribution in [0.3, 0.4) is 0 Å². The van der Waals surface area contributed by atoms with Crippen molar-refractivity contribution in [2.75, 3.05) is 7.11 Å². The van der Waals surface area contributed by atoms with E-state index in [4.69, 9.17) is 33.2 Å². The molecule has 0 aliphatic heterocycles. The number of methoxy groups -OCH3 is 1. The van der Waals surface area contributed by atoms with Gasteiger partial charge in [-0.25, -0.2) is 9.82 Å². The smallest absolute Gasteiger partial charge is 0.274 e. The van der Waals surface area contributed by atoms with E-state index < -0.39 is 11.7 Å². The third-order valence-electron chi connectivity index (χ3n) is 2.95. The first-order valence-electron chi connectivity index (χ1n) is 6.52. The van der Waals surface area contributed by atoms with E-state index in [0.29, 0.717) is 11.3 Å². The number of hydrogen-bond donors (Lipinski definition) is 1. The zero-order valence-electron chi connectivity index (χ0n) is 12.3. The maximum atomic E-state index is 13.7. The molecule has 0 aliphatic rings. The Hall–Kier alpha value is -2.62. The number of nitriles is 1. The molecule has 2 rings (SSSR count). The summed E-state index contributed by atoms with van der Waals surface area (Å²) >= 11 is 12.0. The Morgan fingerprint density at radius 1 is 1.33 bits per heavy atom. The Morgan fingerprint density at radius 3 is 2.54 bits per heavy atom. The maximum absolute atomic E-state index is 13.7. The Bertz CT molecular complexity index is 840. The summed E-state index contributed by atoms with van der Waals surface area (Å²) in [5.74, 6) is -1.23. The van der Waals surface area contributed by atoms with E-state index in [0.717, 1.165) is 6.07 Å². The number of amides is 1. The van der Waals surface area contributed by atoms with Gasteiger partial charge in [0.05, 0.1) is 40.6 Å². The van der Waals surface area contributed by atoms with Crippen molar-refractivity contribution in [1.82, 2.24) is 5.43 Å². The molecule has 122 valence electrons. The van der Waals surface area contributed by atoms with Gasteiger partial charge in [0.15, 0.2) is 5.75 Å². The Labute approximate surface area is 147 Å². The van der Waals surface area contributed by atoms with Crippen LogP contribution in [0.5, 0.6) is 5.75 Å². The molecule has 1 amide bonds. The fraction of sp³-hybridized carbons (Fsp3) is 0.0625. The summed E-state index contributed by atoms with van der Waals surface area (Å²) in [6.07, 6.45) is 1.30. The number of halogens is 3. The minimum absolute atomic E-state index is 0.120. The second-order valence-corrected chi connectivity index (χ2v) is 5.34. The van der Waals surface area contributed by atoms with Crippen LogP contribution in [0.1, 0.15) is 21.5 Å². The van der Waals surface area contributed by atoms with Crippen LogP contribution in [0.15, 0.2) is 35.4 Å². The highest BCUT2D eigenvalue weighted by Crippen LogP contribution is 2.33. The molecule has 2 aromatic rings. The highest BCUT2D eigenvalue weighted by Gasteiger charge is 2.12. The van der Waals surface area contributed by atoms with Crippen molar-refractivity contribution in [2.24, 2.45) is 5.10 Å². The Kier molecular flexibility index (Phi) is 5.74. The van der Waals surface area contributed by atoms with E-state index in [1.165, 1.54) is 25.5 Å². The third kappa shape index (κ3) is 4.02. The molecule has 0 spiro atoms. The summed E-state index contributed by atoms with van der Waals surface area (Å²) in [5.41, 5.74) is 2.60. The summed E-state index contributed by atoms with van der Waals surface area (Å²) in [6.45, 7) is 0. The topological polar surface area (TPSA) is 74.5 Å². The number of benzene rings is 2. The van der Waals surface area contributed by atoms with E-state index in [2.05, 4.69) is 10.5 Å². The van der Waals surface area contributed by atoms with Gasteiger partial charge in [-0.15, -0.1) is 0 Å². The van der Waals surface area contributed by atoms with Crippen LogP contribution in [-0.2, 0) is 0 Å². The second kappa shape index (κ2) is 7.77. The number of carbonyl (C=O) groups is 1. The van der Waals surface area contributed by atoms with E-state index in [1.54, 1.807) is 18.2 Å². The molecule has 0 fully saturated rings. The monoisotopic (exact) mass is 365 g/mol. The minimum Gasteiger partial charge on any atom is -0.494 e. The molecule has 0 heterocycles. The summed E-state index contributed by atoms with van der Waals surface area (Å²) < 4.78 is 18.7. The van der Waals surface area contributed by atoms with Crippen molar-refractivity contribution in [1.29, 1.82) is 5.26 Å².